The molecule has 0 aromatic rings. The van der Waals surface area contributed by atoms with E-state index in [1.807, 2.05) is 44.4 Å². The van der Waals surface area contributed by atoms with Crippen molar-refractivity contribution in [2.75, 3.05) is 0 Å². The molecule has 0 aliphatic carbocycles. The SMILES string of the molecule is CC=CC=C/C=C1\C=NC(C(C)N)C1. The van der Waals surface area contributed by atoms with E-state index in [-0.39, 0.29) is 12.1 Å². The standard InChI is InChI=1S/C12H18N2/c1-3-4-5-6-7-11-8-12(10(2)13)14-9-11/h3-7,9-10,12H,8,13H2,1-2H3/b4-3?,6-5?,11-7-. The van der Waals surface area contributed by atoms with Gasteiger partial charge in [0.2, 0.25) is 0 Å². The van der Waals surface area contributed by atoms with E-state index in [4.69, 9.17) is 5.73 Å². The molecule has 1 heterocycles. The maximum atomic E-state index is 5.77. The Bertz CT molecular complexity index is 283. The molecular formula is C12H18N2. The maximum Gasteiger partial charge on any atom is 0.0688 e. The molecule has 0 fully saturated rings. The molecule has 1 aliphatic rings. The van der Waals surface area contributed by atoms with E-state index in [1.165, 1.54) is 5.57 Å². The topological polar surface area (TPSA) is 38.4 Å². The van der Waals surface area contributed by atoms with Crippen LogP contribution in [0.25, 0.3) is 0 Å². The van der Waals surface area contributed by atoms with E-state index < -0.39 is 0 Å². The minimum atomic E-state index is 0.150. The van der Waals surface area contributed by atoms with E-state index in [1.54, 1.807) is 0 Å². The number of hydrogen-bond donors (Lipinski definition) is 1. The van der Waals surface area contributed by atoms with Gasteiger partial charge in [0.15, 0.2) is 0 Å². The molecule has 0 radical (unpaired) electrons. The van der Waals surface area contributed by atoms with Crippen molar-refractivity contribution in [1.29, 1.82) is 0 Å². The average molecular weight is 190 g/mol. The molecule has 0 amide bonds. The zero-order chi connectivity index (χ0) is 10.4. The second-order valence-electron chi connectivity index (χ2n) is 3.56. The van der Waals surface area contributed by atoms with Gasteiger partial charge in [0.05, 0.1) is 6.04 Å². The first-order valence-electron chi connectivity index (χ1n) is 5.01. The second-order valence-corrected chi connectivity index (χ2v) is 3.56. The fourth-order valence-electron chi connectivity index (χ4n) is 1.33. The van der Waals surface area contributed by atoms with Crippen LogP contribution in [-0.4, -0.2) is 18.3 Å². The molecule has 1 aliphatic heterocycles. The highest BCUT2D eigenvalue weighted by Gasteiger charge is 2.17. The van der Waals surface area contributed by atoms with Crippen molar-refractivity contribution >= 4 is 6.21 Å². The molecule has 2 heteroatoms. The minimum absolute atomic E-state index is 0.150. The third-order valence-corrected chi connectivity index (χ3v) is 2.21. The van der Waals surface area contributed by atoms with Crippen LogP contribution in [0.1, 0.15) is 20.3 Å². The van der Waals surface area contributed by atoms with Gasteiger partial charge in [-0.05, 0) is 25.8 Å². The zero-order valence-corrected chi connectivity index (χ0v) is 8.85. The fourth-order valence-corrected chi connectivity index (χ4v) is 1.33. The summed E-state index contributed by atoms with van der Waals surface area (Å²) >= 11 is 0. The zero-order valence-electron chi connectivity index (χ0n) is 8.85. The summed E-state index contributed by atoms with van der Waals surface area (Å²) in [6, 6.07) is 0.424. The first-order valence-corrected chi connectivity index (χ1v) is 5.01. The number of rotatable bonds is 3. The lowest BCUT2D eigenvalue weighted by molar-refractivity contribution is 0.580. The van der Waals surface area contributed by atoms with Crippen molar-refractivity contribution in [2.45, 2.75) is 32.4 Å². The molecule has 76 valence electrons. The van der Waals surface area contributed by atoms with E-state index in [0.29, 0.717) is 0 Å². The summed E-state index contributed by atoms with van der Waals surface area (Å²) in [5.74, 6) is 0. The van der Waals surface area contributed by atoms with Gasteiger partial charge in [-0.25, -0.2) is 0 Å². The summed E-state index contributed by atoms with van der Waals surface area (Å²) in [6.45, 7) is 4.00. The van der Waals surface area contributed by atoms with Gasteiger partial charge >= 0.3 is 0 Å². The average Bonchev–Trinajstić information content (AvgIpc) is 2.61. The molecule has 0 bridgehead atoms. The Labute approximate surface area is 85.9 Å². The fraction of sp³-hybridized carbons (Fsp3) is 0.417. The maximum absolute atomic E-state index is 5.77. The Balaban J connectivity index is 2.47. The highest BCUT2D eigenvalue weighted by Crippen LogP contribution is 2.16. The lowest BCUT2D eigenvalue weighted by atomic mass is 10.1. The Hall–Kier alpha value is -1.15. The third-order valence-electron chi connectivity index (χ3n) is 2.21. The van der Waals surface area contributed by atoms with Gasteiger partial charge in [-0.2, -0.15) is 0 Å². The summed E-state index contributed by atoms with van der Waals surface area (Å²) in [5, 5.41) is 0. The molecule has 0 saturated carbocycles. The van der Waals surface area contributed by atoms with Crippen LogP contribution in [0.2, 0.25) is 0 Å². The van der Waals surface area contributed by atoms with Crippen molar-refractivity contribution < 1.29 is 0 Å². The van der Waals surface area contributed by atoms with Crippen molar-refractivity contribution in [3.05, 3.63) is 36.0 Å². The summed E-state index contributed by atoms with van der Waals surface area (Å²) in [7, 11) is 0. The number of nitrogens with zero attached hydrogens (tertiary/aromatic N) is 1. The molecule has 0 aromatic heterocycles. The summed E-state index contributed by atoms with van der Waals surface area (Å²) in [6.07, 6.45) is 13.0. The van der Waals surface area contributed by atoms with E-state index in [0.717, 1.165) is 6.42 Å². The largest absolute Gasteiger partial charge is 0.326 e. The van der Waals surface area contributed by atoms with Crippen LogP contribution in [0.4, 0.5) is 0 Å². The van der Waals surface area contributed by atoms with Crippen LogP contribution in [0.15, 0.2) is 40.9 Å². The van der Waals surface area contributed by atoms with Crippen molar-refractivity contribution in [2.24, 2.45) is 10.7 Å². The van der Waals surface area contributed by atoms with Crippen LogP contribution < -0.4 is 5.73 Å². The van der Waals surface area contributed by atoms with Crippen LogP contribution in [0, 0.1) is 0 Å². The molecule has 2 atom stereocenters. The van der Waals surface area contributed by atoms with Crippen LogP contribution in [-0.2, 0) is 0 Å². The number of nitrogens with two attached hydrogens (primary N) is 1. The Morgan fingerprint density at radius 1 is 1.50 bits per heavy atom. The first kappa shape index (κ1) is 10.9. The Morgan fingerprint density at radius 2 is 2.29 bits per heavy atom. The van der Waals surface area contributed by atoms with Crippen LogP contribution in [0.3, 0.4) is 0 Å². The highest BCUT2D eigenvalue weighted by atomic mass is 14.9. The van der Waals surface area contributed by atoms with Crippen molar-refractivity contribution in [3.63, 3.8) is 0 Å². The van der Waals surface area contributed by atoms with E-state index >= 15 is 0 Å². The number of aliphatic imine (C=N–C) groups is 1. The van der Waals surface area contributed by atoms with Gasteiger partial charge in [-0.1, -0.05) is 30.4 Å². The molecule has 2 unspecified atom stereocenters. The number of allylic oxidation sites excluding steroid dienone is 5. The molecule has 2 N–H and O–H groups in total. The predicted molar refractivity (Wildman–Crippen MR) is 62.6 cm³/mol. The van der Waals surface area contributed by atoms with Crippen LogP contribution >= 0.6 is 0 Å². The molecule has 0 aromatic carbocycles. The Morgan fingerprint density at radius 3 is 2.86 bits per heavy atom. The van der Waals surface area contributed by atoms with Gasteiger partial charge in [0, 0.05) is 12.3 Å². The van der Waals surface area contributed by atoms with E-state index in [2.05, 4.69) is 11.1 Å². The quantitative estimate of drug-likeness (QED) is 0.681. The summed E-state index contributed by atoms with van der Waals surface area (Å²) < 4.78 is 0. The van der Waals surface area contributed by atoms with Gasteiger partial charge in [-0.3, -0.25) is 4.99 Å². The minimum Gasteiger partial charge on any atom is -0.326 e. The molecule has 2 nitrogen and oxygen atoms in total. The van der Waals surface area contributed by atoms with Gasteiger partial charge < -0.3 is 5.73 Å². The molecule has 1 rings (SSSR count). The van der Waals surface area contributed by atoms with Gasteiger partial charge in [0.1, 0.15) is 0 Å². The highest BCUT2D eigenvalue weighted by molar-refractivity contribution is 5.81. The van der Waals surface area contributed by atoms with Crippen molar-refractivity contribution in [1.82, 2.24) is 0 Å². The third kappa shape index (κ3) is 3.30. The summed E-state index contributed by atoms with van der Waals surface area (Å²) in [4.78, 5) is 4.35. The van der Waals surface area contributed by atoms with Crippen LogP contribution in [0.5, 0.6) is 0 Å². The normalized spacial score (nSPS) is 27.1. The first-order chi connectivity index (χ1) is 6.74. The molecule has 0 saturated heterocycles. The second kappa shape index (κ2) is 5.55. The predicted octanol–water partition coefficient (Wildman–Crippen LogP) is 2.24. The molecule has 0 spiro atoms. The summed E-state index contributed by atoms with van der Waals surface area (Å²) in [5.41, 5.74) is 7.02. The lowest BCUT2D eigenvalue weighted by Gasteiger charge is -2.09. The van der Waals surface area contributed by atoms with E-state index in [9.17, 15) is 0 Å². The van der Waals surface area contributed by atoms with Crippen molar-refractivity contribution in [3.8, 4) is 0 Å². The smallest absolute Gasteiger partial charge is 0.0688 e. The Kier molecular flexibility index (Phi) is 4.33. The van der Waals surface area contributed by atoms with Gasteiger partial charge in [0.25, 0.3) is 0 Å². The lowest BCUT2D eigenvalue weighted by Crippen LogP contribution is -2.28. The molecule has 14 heavy (non-hydrogen) atoms. The monoisotopic (exact) mass is 190 g/mol. The number of hydrogen-bond acceptors (Lipinski definition) is 2. The molecular weight excluding hydrogens is 172 g/mol. The van der Waals surface area contributed by atoms with Gasteiger partial charge in [-0.15, -0.1) is 0 Å².